The molecule has 1 unspecified atom stereocenters. The van der Waals surface area contributed by atoms with Crippen LogP contribution in [0.4, 0.5) is 0 Å². The van der Waals surface area contributed by atoms with E-state index in [9.17, 15) is 4.79 Å². The molecular weight excluding hydrogens is 264 g/mol. The molecule has 0 saturated heterocycles. The summed E-state index contributed by atoms with van der Waals surface area (Å²) in [4.78, 5) is 11.7. The number of allylic oxidation sites excluding steroid dienone is 1. The van der Waals surface area contributed by atoms with Crippen molar-refractivity contribution in [2.24, 2.45) is 0 Å². The lowest BCUT2D eigenvalue weighted by Gasteiger charge is -2.11. The Kier molecular flexibility index (Phi) is 4.48. The molecule has 1 aromatic carbocycles. The molecule has 1 aromatic rings. The second-order valence-corrected chi connectivity index (χ2v) is 4.97. The zero-order valence-electron chi connectivity index (χ0n) is 11.1. The third-order valence-corrected chi connectivity index (χ3v) is 3.35. The average Bonchev–Trinajstić information content (AvgIpc) is 2.74. The van der Waals surface area contributed by atoms with E-state index < -0.39 is 0 Å². The summed E-state index contributed by atoms with van der Waals surface area (Å²) in [5.41, 5.74) is 1.80. The zero-order valence-corrected chi connectivity index (χ0v) is 11.9. The highest BCUT2D eigenvalue weighted by Crippen LogP contribution is 2.28. The number of esters is 1. The zero-order chi connectivity index (χ0) is 13.8. The largest absolute Gasteiger partial charge is 0.494 e. The molecule has 0 amide bonds. The first kappa shape index (κ1) is 13.9. The number of benzene rings is 1. The lowest BCUT2D eigenvalue weighted by Crippen LogP contribution is -2.12. The number of carbonyl (C=O) groups is 1. The van der Waals surface area contributed by atoms with Crippen LogP contribution in [0.3, 0.4) is 0 Å². The average molecular weight is 281 g/mol. The maximum atomic E-state index is 11.7. The van der Waals surface area contributed by atoms with Crippen LogP contribution in [0.2, 0.25) is 5.02 Å². The van der Waals surface area contributed by atoms with Crippen molar-refractivity contribution in [2.45, 2.75) is 32.8 Å². The summed E-state index contributed by atoms with van der Waals surface area (Å²) in [6, 6.07) is 7.67. The fraction of sp³-hybridized carbons (Fsp3) is 0.400. The summed E-state index contributed by atoms with van der Waals surface area (Å²) in [5, 5.41) is 0.720. The van der Waals surface area contributed by atoms with Gasteiger partial charge in [-0.2, -0.15) is 0 Å². The predicted octanol–water partition coefficient (Wildman–Crippen LogP) is 3.51. The lowest BCUT2D eigenvalue weighted by atomic mass is 10.0. The number of hydrogen-bond acceptors (Lipinski definition) is 3. The highest BCUT2D eigenvalue weighted by molar-refractivity contribution is 6.30. The van der Waals surface area contributed by atoms with Gasteiger partial charge >= 0.3 is 5.97 Å². The lowest BCUT2D eigenvalue weighted by molar-refractivity contribution is -0.138. The van der Waals surface area contributed by atoms with Crippen LogP contribution in [0.25, 0.3) is 0 Å². The van der Waals surface area contributed by atoms with Gasteiger partial charge in [-0.15, -0.1) is 0 Å². The van der Waals surface area contributed by atoms with Crippen molar-refractivity contribution in [3.63, 3.8) is 0 Å². The molecule has 102 valence electrons. The minimum atomic E-state index is -0.265. The Balaban J connectivity index is 1.96. The molecule has 2 rings (SSSR count). The molecule has 4 heteroatoms. The van der Waals surface area contributed by atoms with Crippen molar-refractivity contribution in [3.05, 3.63) is 46.2 Å². The molecule has 0 aliphatic carbocycles. The van der Waals surface area contributed by atoms with Crippen LogP contribution < -0.4 is 0 Å². The molecule has 1 heterocycles. The van der Waals surface area contributed by atoms with Gasteiger partial charge in [0.05, 0.1) is 12.2 Å². The van der Waals surface area contributed by atoms with Crippen LogP contribution in [-0.2, 0) is 20.7 Å². The van der Waals surface area contributed by atoms with Gasteiger partial charge in [0.15, 0.2) is 0 Å². The second kappa shape index (κ2) is 6.11. The standard InChI is InChI=1S/C15H17ClO3/c1-3-18-15(17)14-9-13(19-10(14)2)8-11-4-6-12(16)7-5-11/h4-7,13H,3,8-9H2,1-2H3. The van der Waals surface area contributed by atoms with E-state index in [1.807, 2.05) is 31.2 Å². The SMILES string of the molecule is CCOC(=O)C1=C(C)OC(Cc2ccc(Cl)cc2)C1. The third kappa shape index (κ3) is 3.51. The minimum Gasteiger partial charge on any atom is -0.494 e. The maximum absolute atomic E-state index is 11.7. The summed E-state index contributed by atoms with van der Waals surface area (Å²) in [6.07, 6.45) is 1.37. The normalized spacial score (nSPS) is 18.4. The Labute approximate surface area is 118 Å². The first-order valence-electron chi connectivity index (χ1n) is 6.38. The van der Waals surface area contributed by atoms with E-state index in [0.717, 1.165) is 17.0 Å². The van der Waals surface area contributed by atoms with Gasteiger partial charge in [0.1, 0.15) is 11.9 Å². The summed E-state index contributed by atoms with van der Waals surface area (Å²) in [6.45, 7) is 4.00. The van der Waals surface area contributed by atoms with Gasteiger partial charge in [0.25, 0.3) is 0 Å². The van der Waals surface area contributed by atoms with Crippen molar-refractivity contribution in [3.8, 4) is 0 Å². The van der Waals surface area contributed by atoms with Crippen molar-refractivity contribution in [1.29, 1.82) is 0 Å². The van der Waals surface area contributed by atoms with E-state index in [4.69, 9.17) is 21.1 Å². The van der Waals surface area contributed by atoms with Gasteiger partial charge in [0.2, 0.25) is 0 Å². The highest BCUT2D eigenvalue weighted by Gasteiger charge is 2.28. The summed E-state index contributed by atoms with van der Waals surface area (Å²) in [7, 11) is 0. The first-order valence-corrected chi connectivity index (χ1v) is 6.76. The van der Waals surface area contributed by atoms with E-state index in [0.29, 0.717) is 24.4 Å². The molecule has 1 atom stereocenters. The molecule has 3 nitrogen and oxygen atoms in total. The van der Waals surface area contributed by atoms with Gasteiger partial charge < -0.3 is 9.47 Å². The van der Waals surface area contributed by atoms with E-state index >= 15 is 0 Å². The number of ether oxygens (including phenoxy) is 2. The van der Waals surface area contributed by atoms with Crippen LogP contribution in [0.15, 0.2) is 35.6 Å². The molecule has 19 heavy (non-hydrogen) atoms. The van der Waals surface area contributed by atoms with Crippen LogP contribution in [0.1, 0.15) is 25.8 Å². The van der Waals surface area contributed by atoms with Crippen molar-refractivity contribution >= 4 is 17.6 Å². The highest BCUT2D eigenvalue weighted by atomic mass is 35.5. The van der Waals surface area contributed by atoms with Crippen LogP contribution in [-0.4, -0.2) is 18.7 Å². The van der Waals surface area contributed by atoms with Gasteiger partial charge in [-0.25, -0.2) is 4.79 Å². The summed E-state index contributed by atoms with van der Waals surface area (Å²) >= 11 is 5.85. The summed E-state index contributed by atoms with van der Waals surface area (Å²) < 4.78 is 10.7. The molecule has 1 aliphatic heterocycles. The topological polar surface area (TPSA) is 35.5 Å². The summed E-state index contributed by atoms with van der Waals surface area (Å²) in [5.74, 6) is 0.413. The second-order valence-electron chi connectivity index (χ2n) is 4.53. The van der Waals surface area contributed by atoms with Crippen molar-refractivity contribution < 1.29 is 14.3 Å². The van der Waals surface area contributed by atoms with E-state index in [2.05, 4.69) is 0 Å². The first-order chi connectivity index (χ1) is 9.10. The Morgan fingerprint density at radius 3 is 2.74 bits per heavy atom. The smallest absolute Gasteiger partial charge is 0.337 e. The van der Waals surface area contributed by atoms with Crippen molar-refractivity contribution in [2.75, 3.05) is 6.61 Å². The molecule has 0 radical (unpaired) electrons. The molecule has 1 aliphatic rings. The molecule has 0 saturated carbocycles. The van der Waals surface area contributed by atoms with E-state index in [1.165, 1.54) is 0 Å². The number of rotatable bonds is 4. The number of hydrogen-bond donors (Lipinski definition) is 0. The van der Waals surface area contributed by atoms with E-state index in [-0.39, 0.29) is 12.1 Å². The van der Waals surface area contributed by atoms with Crippen molar-refractivity contribution in [1.82, 2.24) is 0 Å². The fourth-order valence-electron chi connectivity index (χ4n) is 2.18. The fourth-order valence-corrected chi connectivity index (χ4v) is 2.30. The Hall–Kier alpha value is -1.48. The quantitative estimate of drug-likeness (QED) is 0.792. The van der Waals surface area contributed by atoms with Gasteiger partial charge in [0, 0.05) is 17.9 Å². The van der Waals surface area contributed by atoms with Crippen LogP contribution >= 0.6 is 11.6 Å². The molecule has 0 aromatic heterocycles. The van der Waals surface area contributed by atoms with Gasteiger partial charge in [-0.05, 0) is 31.5 Å². The molecule has 0 bridgehead atoms. The minimum absolute atomic E-state index is 0.000539. The maximum Gasteiger partial charge on any atom is 0.337 e. The Morgan fingerprint density at radius 2 is 2.11 bits per heavy atom. The van der Waals surface area contributed by atoms with Crippen LogP contribution in [0.5, 0.6) is 0 Å². The van der Waals surface area contributed by atoms with Gasteiger partial charge in [-0.3, -0.25) is 0 Å². The molecule has 0 spiro atoms. The van der Waals surface area contributed by atoms with Gasteiger partial charge in [-0.1, -0.05) is 23.7 Å². The number of halogens is 1. The predicted molar refractivity (Wildman–Crippen MR) is 74.0 cm³/mol. The van der Waals surface area contributed by atoms with E-state index in [1.54, 1.807) is 6.92 Å². The monoisotopic (exact) mass is 280 g/mol. The Bertz CT molecular complexity index is 491. The number of carbonyl (C=O) groups excluding carboxylic acids is 1. The molecule has 0 fully saturated rings. The molecule has 0 N–H and O–H groups in total. The Morgan fingerprint density at radius 1 is 1.42 bits per heavy atom. The van der Waals surface area contributed by atoms with Crippen LogP contribution in [0, 0.1) is 0 Å². The molecular formula is C15H17ClO3. The third-order valence-electron chi connectivity index (χ3n) is 3.10.